The van der Waals surface area contributed by atoms with Crippen LogP contribution < -0.4 is 0 Å². The van der Waals surface area contributed by atoms with E-state index in [1.807, 2.05) is 0 Å². The normalized spacial score (nSPS) is 6.67. The number of rotatable bonds is 2. The minimum absolute atomic E-state index is 0. The molecule has 0 unspecified atom stereocenters. The number of aliphatic hydroxyl groups is 3. The summed E-state index contributed by atoms with van der Waals surface area (Å²) in [6.45, 7) is -0.729. The molecule has 0 atom stereocenters. The third-order valence-corrected chi connectivity index (χ3v) is 0.421. The first kappa shape index (κ1) is 22.7. The van der Waals surface area contributed by atoms with Crippen molar-refractivity contribution >= 4 is 23.1 Å². The van der Waals surface area contributed by atoms with Gasteiger partial charge in [0.2, 0.25) is 0 Å². The van der Waals surface area contributed by atoms with Crippen molar-refractivity contribution in [3.8, 4) is 0 Å². The van der Waals surface area contributed by atoms with Crippen molar-refractivity contribution in [3.63, 3.8) is 0 Å². The monoisotopic (exact) mass is 150 g/mol. The fraction of sp³-hybridized carbons (Fsp3) is 1.00. The minimum Gasteiger partial charge on any atom is -0.870 e. The summed E-state index contributed by atoms with van der Waals surface area (Å²) in [5.41, 5.74) is 0. The van der Waals surface area contributed by atoms with Crippen LogP contribution in [0.5, 0.6) is 0 Å². The van der Waals surface area contributed by atoms with Gasteiger partial charge >= 0.3 is 23.1 Å². The van der Waals surface area contributed by atoms with Crippen molar-refractivity contribution in [1.82, 2.24) is 0 Å². The molecule has 0 spiro atoms. The molecule has 0 heterocycles. The molecule has 0 bridgehead atoms. The van der Waals surface area contributed by atoms with E-state index in [0.29, 0.717) is 0 Å². The summed E-state index contributed by atoms with van der Waals surface area (Å²) in [4.78, 5) is 0. The molecule has 0 aliphatic carbocycles. The second-order valence-electron chi connectivity index (χ2n) is 1.02. The van der Waals surface area contributed by atoms with Gasteiger partial charge in [-0.15, -0.1) is 0 Å². The minimum atomic E-state index is -0.954. The van der Waals surface area contributed by atoms with Crippen LogP contribution in [0, 0.1) is 0 Å². The Morgan fingerprint density at radius 2 is 1.22 bits per heavy atom. The number of aliphatic hydroxyl groups excluding tert-OH is 3. The quantitative estimate of drug-likeness (QED) is 0.379. The molecule has 0 aromatic heterocycles. The van der Waals surface area contributed by atoms with Crippen molar-refractivity contribution < 1.29 is 26.3 Å². The van der Waals surface area contributed by atoms with Gasteiger partial charge in [0.1, 0.15) is 6.10 Å². The Labute approximate surface area is 69.1 Å². The molecule has 0 radical (unpaired) electrons. The molecule has 0 aliphatic rings. The molecule has 5 N–H and O–H groups in total. The number of hydrogen-bond donors (Lipinski definition) is 3. The Balaban J connectivity index is -0.0000000417. The molecule has 0 aromatic rings. The second-order valence-corrected chi connectivity index (χ2v) is 1.02. The molecule has 0 aromatic carbocycles. The fourth-order valence-corrected chi connectivity index (χ4v) is 0.0577. The Morgan fingerprint density at radius 3 is 1.22 bits per heavy atom. The van der Waals surface area contributed by atoms with Gasteiger partial charge in [-0.25, -0.2) is 0 Å². The third kappa shape index (κ3) is 17.7. The summed E-state index contributed by atoms with van der Waals surface area (Å²) in [6, 6.07) is 0. The van der Waals surface area contributed by atoms with E-state index in [1.165, 1.54) is 0 Å². The molecular weight excluding hydrogens is 140 g/mol. The first-order valence-corrected chi connectivity index (χ1v) is 1.71. The first-order chi connectivity index (χ1) is 2.81. The maximum atomic E-state index is 8.17. The molecule has 0 aliphatic heterocycles. The van der Waals surface area contributed by atoms with Gasteiger partial charge in [-0.1, -0.05) is 0 Å². The Bertz CT molecular complexity index is 31.4. The van der Waals surface area contributed by atoms with Crippen LogP contribution in [0.25, 0.3) is 0 Å². The summed E-state index contributed by atoms with van der Waals surface area (Å²) in [5.74, 6) is 0. The van der Waals surface area contributed by atoms with Gasteiger partial charge in [0.15, 0.2) is 0 Å². The molecule has 0 saturated heterocycles. The molecule has 5 nitrogen and oxygen atoms in total. The van der Waals surface area contributed by atoms with E-state index in [9.17, 15) is 0 Å². The predicted molar refractivity (Wildman–Crippen MR) is 29.8 cm³/mol. The van der Waals surface area contributed by atoms with E-state index in [0.717, 1.165) is 0 Å². The van der Waals surface area contributed by atoms with Crippen LogP contribution in [0.15, 0.2) is 0 Å². The van der Waals surface area contributed by atoms with E-state index in [4.69, 9.17) is 15.3 Å². The Morgan fingerprint density at radius 1 is 1.00 bits per heavy atom. The average Bonchev–Trinajstić information content (AvgIpc) is 1.65. The summed E-state index contributed by atoms with van der Waals surface area (Å²) in [6.07, 6.45) is -0.954. The SMILES string of the molecule is OCC(O)CO.[Mg+2].[OH-].[OH-]. The first-order valence-electron chi connectivity index (χ1n) is 1.71. The van der Waals surface area contributed by atoms with E-state index < -0.39 is 6.10 Å². The fourth-order valence-electron chi connectivity index (χ4n) is 0.0577. The van der Waals surface area contributed by atoms with E-state index >= 15 is 0 Å². The number of hydrogen-bond acceptors (Lipinski definition) is 5. The zero-order chi connectivity index (χ0) is 4.99. The van der Waals surface area contributed by atoms with Crippen LogP contribution in [-0.2, 0) is 0 Å². The van der Waals surface area contributed by atoms with Crippen molar-refractivity contribution in [2.24, 2.45) is 0 Å². The van der Waals surface area contributed by atoms with Gasteiger partial charge < -0.3 is 26.3 Å². The van der Waals surface area contributed by atoms with Gasteiger partial charge in [-0.3, -0.25) is 0 Å². The van der Waals surface area contributed by atoms with Gasteiger partial charge in [0, 0.05) is 0 Å². The van der Waals surface area contributed by atoms with Gasteiger partial charge in [-0.2, -0.15) is 0 Å². The van der Waals surface area contributed by atoms with Gasteiger partial charge in [0.25, 0.3) is 0 Å². The van der Waals surface area contributed by atoms with Crippen molar-refractivity contribution in [3.05, 3.63) is 0 Å². The zero-order valence-corrected chi connectivity index (χ0v) is 6.35. The molecule has 0 fully saturated rings. The molecule has 0 rings (SSSR count). The van der Waals surface area contributed by atoms with Crippen molar-refractivity contribution in [1.29, 1.82) is 0 Å². The molecule has 0 amide bonds. The predicted octanol–water partition coefficient (Wildman–Crippen LogP) is -2.40. The van der Waals surface area contributed by atoms with Crippen LogP contribution in [0.2, 0.25) is 0 Å². The van der Waals surface area contributed by atoms with E-state index in [2.05, 4.69) is 0 Å². The Hall–Kier alpha value is 0.566. The standard InChI is InChI=1S/C3H8O3.Mg.2H2O/c4-1-3(6)2-5;;;/h3-6H,1-2H2;;2*1H2/q;+2;;/p-2. The van der Waals surface area contributed by atoms with Crippen LogP contribution in [0.4, 0.5) is 0 Å². The van der Waals surface area contributed by atoms with Crippen molar-refractivity contribution in [2.45, 2.75) is 6.10 Å². The second kappa shape index (κ2) is 15.8. The summed E-state index contributed by atoms with van der Waals surface area (Å²) in [5, 5.41) is 24.0. The molecular formula is C3H10MgO5. The molecule has 0 saturated carbocycles. The van der Waals surface area contributed by atoms with Crippen molar-refractivity contribution in [2.75, 3.05) is 13.2 Å². The third-order valence-electron chi connectivity index (χ3n) is 0.421. The maximum absolute atomic E-state index is 8.17. The largest absolute Gasteiger partial charge is 2.00 e. The van der Waals surface area contributed by atoms with E-state index in [1.54, 1.807) is 0 Å². The Kier molecular flexibility index (Phi) is 39.8. The maximum Gasteiger partial charge on any atom is 2.00 e. The molecule has 9 heavy (non-hydrogen) atoms. The summed E-state index contributed by atoms with van der Waals surface area (Å²) < 4.78 is 0. The van der Waals surface area contributed by atoms with E-state index in [-0.39, 0.29) is 47.2 Å². The smallest absolute Gasteiger partial charge is 0.870 e. The molecule has 6 heteroatoms. The van der Waals surface area contributed by atoms with Gasteiger partial charge in [0.05, 0.1) is 13.2 Å². The van der Waals surface area contributed by atoms with Crippen LogP contribution in [0.1, 0.15) is 0 Å². The summed E-state index contributed by atoms with van der Waals surface area (Å²) in [7, 11) is 0. The molecule has 54 valence electrons. The summed E-state index contributed by atoms with van der Waals surface area (Å²) >= 11 is 0. The van der Waals surface area contributed by atoms with Crippen LogP contribution >= 0.6 is 0 Å². The average molecular weight is 150 g/mol. The topological polar surface area (TPSA) is 121 Å². The zero-order valence-electron chi connectivity index (χ0n) is 4.93. The van der Waals surface area contributed by atoms with Crippen LogP contribution in [0.3, 0.4) is 0 Å². The van der Waals surface area contributed by atoms with Crippen LogP contribution in [-0.4, -0.2) is 68.6 Å². The van der Waals surface area contributed by atoms with Gasteiger partial charge in [-0.05, 0) is 0 Å².